The fourth-order valence-electron chi connectivity index (χ4n) is 1.34. The standard InChI is InChI=1S/C12H13F3/c1-2-10-6-3-4-7-11(10)8-5-9-12(13,14)15/h3-8H,2,9H2,1H3. The van der Waals surface area contributed by atoms with Crippen molar-refractivity contribution in [1.82, 2.24) is 0 Å². The van der Waals surface area contributed by atoms with E-state index in [1.165, 1.54) is 6.08 Å². The molecule has 1 aromatic rings. The van der Waals surface area contributed by atoms with Gasteiger partial charge in [-0.2, -0.15) is 13.2 Å². The van der Waals surface area contributed by atoms with Crippen LogP contribution in [0.3, 0.4) is 0 Å². The third-order valence-corrected chi connectivity index (χ3v) is 2.08. The van der Waals surface area contributed by atoms with Crippen molar-refractivity contribution in [3.8, 4) is 0 Å². The maximum atomic E-state index is 11.9. The first-order valence-electron chi connectivity index (χ1n) is 4.84. The second-order valence-corrected chi connectivity index (χ2v) is 3.27. The Balaban J connectivity index is 2.72. The van der Waals surface area contributed by atoms with Crippen molar-refractivity contribution in [2.24, 2.45) is 0 Å². The Kier molecular flexibility index (Phi) is 3.95. The van der Waals surface area contributed by atoms with E-state index in [1.807, 2.05) is 31.2 Å². The maximum Gasteiger partial charge on any atom is 0.392 e. The van der Waals surface area contributed by atoms with Gasteiger partial charge in [-0.3, -0.25) is 0 Å². The molecule has 15 heavy (non-hydrogen) atoms. The van der Waals surface area contributed by atoms with Crippen LogP contribution in [0.25, 0.3) is 6.08 Å². The third kappa shape index (κ3) is 4.19. The van der Waals surface area contributed by atoms with Crippen LogP contribution in [-0.2, 0) is 6.42 Å². The molecule has 0 nitrogen and oxygen atoms in total. The van der Waals surface area contributed by atoms with Crippen molar-refractivity contribution >= 4 is 6.08 Å². The second kappa shape index (κ2) is 5.01. The van der Waals surface area contributed by atoms with E-state index in [0.717, 1.165) is 23.6 Å². The molecule has 1 rings (SSSR count). The van der Waals surface area contributed by atoms with Crippen LogP contribution in [-0.4, -0.2) is 6.18 Å². The summed E-state index contributed by atoms with van der Waals surface area (Å²) in [5.41, 5.74) is 1.93. The maximum absolute atomic E-state index is 11.9. The molecule has 0 saturated heterocycles. The van der Waals surface area contributed by atoms with Gasteiger partial charge in [0.15, 0.2) is 0 Å². The molecule has 0 amide bonds. The van der Waals surface area contributed by atoms with E-state index in [4.69, 9.17) is 0 Å². The molecular weight excluding hydrogens is 201 g/mol. The van der Waals surface area contributed by atoms with Gasteiger partial charge in [0, 0.05) is 0 Å². The predicted octanol–water partition coefficient (Wildman–Crippen LogP) is 4.21. The van der Waals surface area contributed by atoms with E-state index in [1.54, 1.807) is 0 Å². The van der Waals surface area contributed by atoms with Crippen molar-refractivity contribution in [1.29, 1.82) is 0 Å². The van der Waals surface area contributed by atoms with Gasteiger partial charge in [-0.15, -0.1) is 0 Å². The van der Waals surface area contributed by atoms with Crippen molar-refractivity contribution in [2.45, 2.75) is 25.9 Å². The molecule has 0 heterocycles. The average molecular weight is 214 g/mol. The number of rotatable bonds is 3. The molecule has 1 aromatic carbocycles. The first-order chi connectivity index (χ1) is 7.03. The van der Waals surface area contributed by atoms with Gasteiger partial charge in [0.25, 0.3) is 0 Å². The lowest BCUT2D eigenvalue weighted by atomic mass is 10.0. The van der Waals surface area contributed by atoms with Gasteiger partial charge >= 0.3 is 6.18 Å². The number of alkyl halides is 3. The summed E-state index contributed by atoms with van der Waals surface area (Å²) in [6.07, 6.45) is -1.46. The number of benzene rings is 1. The molecule has 0 N–H and O–H groups in total. The van der Waals surface area contributed by atoms with E-state index in [2.05, 4.69) is 0 Å². The fraction of sp³-hybridized carbons (Fsp3) is 0.333. The van der Waals surface area contributed by atoms with Crippen molar-refractivity contribution in [2.75, 3.05) is 0 Å². The lowest BCUT2D eigenvalue weighted by Gasteiger charge is -2.03. The Morgan fingerprint density at radius 1 is 1.20 bits per heavy atom. The Bertz CT molecular complexity index is 337. The van der Waals surface area contributed by atoms with Crippen LogP contribution in [0.1, 0.15) is 24.5 Å². The van der Waals surface area contributed by atoms with E-state index >= 15 is 0 Å². The highest BCUT2D eigenvalue weighted by Crippen LogP contribution is 2.21. The molecule has 0 atom stereocenters. The van der Waals surface area contributed by atoms with Crippen LogP contribution in [0.2, 0.25) is 0 Å². The monoisotopic (exact) mass is 214 g/mol. The molecule has 0 aliphatic carbocycles. The topological polar surface area (TPSA) is 0 Å². The summed E-state index contributed by atoms with van der Waals surface area (Å²) < 4.78 is 35.7. The Morgan fingerprint density at radius 2 is 1.87 bits per heavy atom. The number of allylic oxidation sites excluding steroid dienone is 1. The molecule has 0 aromatic heterocycles. The van der Waals surface area contributed by atoms with Crippen LogP contribution in [0.15, 0.2) is 30.3 Å². The van der Waals surface area contributed by atoms with Crippen molar-refractivity contribution < 1.29 is 13.2 Å². The summed E-state index contributed by atoms with van der Waals surface area (Å²) in [6.45, 7) is 1.98. The van der Waals surface area contributed by atoms with E-state index in [-0.39, 0.29) is 0 Å². The predicted molar refractivity (Wildman–Crippen MR) is 55.5 cm³/mol. The molecule has 0 spiro atoms. The summed E-state index contributed by atoms with van der Waals surface area (Å²) in [5.74, 6) is 0. The highest BCUT2D eigenvalue weighted by molar-refractivity contribution is 5.53. The molecule has 0 bridgehead atoms. The van der Waals surface area contributed by atoms with Crippen molar-refractivity contribution in [3.05, 3.63) is 41.5 Å². The normalized spacial score (nSPS) is 12.3. The first kappa shape index (κ1) is 11.8. The fourth-order valence-corrected chi connectivity index (χ4v) is 1.34. The number of aryl methyl sites for hydroxylation is 1. The molecule has 0 aliphatic rings. The molecule has 0 aliphatic heterocycles. The van der Waals surface area contributed by atoms with E-state index in [0.29, 0.717) is 0 Å². The first-order valence-corrected chi connectivity index (χ1v) is 4.84. The van der Waals surface area contributed by atoms with E-state index < -0.39 is 12.6 Å². The summed E-state index contributed by atoms with van der Waals surface area (Å²) in [7, 11) is 0. The SMILES string of the molecule is CCc1ccccc1C=CCC(F)(F)F. The largest absolute Gasteiger partial charge is 0.392 e. The molecule has 0 unspecified atom stereocenters. The Labute approximate surface area is 87.4 Å². The summed E-state index contributed by atoms with van der Waals surface area (Å²) in [5, 5.41) is 0. The zero-order chi connectivity index (χ0) is 11.3. The Hall–Kier alpha value is -1.25. The zero-order valence-corrected chi connectivity index (χ0v) is 8.51. The van der Waals surface area contributed by atoms with Crippen LogP contribution in [0.4, 0.5) is 13.2 Å². The highest BCUT2D eigenvalue weighted by Gasteiger charge is 2.24. The van der Waals surface area contributed by atoms with Crippen molar-refractivity contribution in [3.63, 3.8) is 0 Å². The molecule has 82 valence electrons. The quantitative estimate of drug-likeness (QED) is 0.706. The van der Waals surface area contributed by atoms with Gasteiger partial charge in [0.05, 0.1) is 6.42 Å². The minimum absolute atomic E-state index is 0.826. The van der Waals surface area contributed by atoms with Gasteiger partial charge in [-0.1, -0.05) is 43.3 Å². The van der Waals surface area contributed by atoms with Gasteiger partial charge in [0.2, 0.25) is 0 Å². The Morgan fingerprint density at radius 3 is 2.47 bits per heavy atom. The summed E-state index contributed by atoms with van der Waals surface area (Å²) in [4.78, 5) is 0. The van der Waals surface area contributed by atoms with Crippen LogP contribution in [0, 0.1) is 0 Å². The minimum Gasteiger partial charge on any atom is -0.171 e. The molecule has 3 heteroatoms. The number of halogens is 3. The van der Waals surface area contributed by atoms with E-state index in [9.17, 15) is 13.2 Å². The van der Waals surface area contributed by atoms with Gasteiger partial charge in [-0.25, -0.2) is 0 Å². The van der Waals surface area contributed by atoms with Crippen LogP contribution < -0.4 is 0 Å². The van der Waals surface area contributed by atoms with Gasteiger partial charge < -0.3 is 0 Å². The molecular formula is C12H13F3. The minimum atomic E-state index is -4.11. The average Bonchev–Trinajstić information content (AvgIpc) is 2.16. The lowest BCUT2D eigenvalue weighted by Crippen LogP contribution is -2.03. The lowest BCUT2D eigenvalue weighted by molar-refractivity contribution is -0.124. The molecule has 0 saturated carbocycles. The summed E-state index contributed by atoms with van der Waals surface area (Å²) >= 11 is 0. The summed E-state index contributed by atoms with van der Waals surface area (Å²) in [6, 6.07) is 7.46. The number of hydrogen-bond donors (Lipinski definition) is 0. The third-order valence-electron chi connectivity index (χ3n) is 2.08. The van der Waals surface area contributed by atoms with Gasteiger partial charge in [-0.05, 0) is 17.5 Å². The smallest absolute Gasteiger partial charge is 0.171 e. The number of hydrogen-bond acceptors (Lipinski definition) is 0. The van der Waals surface area contributed by atoms with Gasteiger partial charge in [0.1, 0.15) is 0 Å². The highest BCUT2D eigenvalue weighted by atomic mass is 19.4. The second-order valence-electron chi connectivity index (χ2n) is 3.27. The molecule has 0 fully saturated rings. The zero-order valence-electron chi connectivity index (χ0n) is 8.51. The van der Waals surface area contributed by atoms with Crippen LogP contribution in [0.5, 0.6) is 0 Å². The molecule has 0 radical (unpaired) electrons. The van der Waals surface area contributed by atoms with Crippen LogP contribution >= 0.6 is 0 Å².